The van der Waals surface area contributed by atoms with E-state index in [1.807, 2.05) is 52.0 Å². The maximum Gasteiger partial charge on any atom is 0.161 e. The lowest BCUT2D eigenvalue weighted by Crippen LogP contribution is -2.11. The molecule has 16 heavy (non-hydrogen) atoms. The van der Waals surface area contributed by atoms with Gasteiger partial charge in [0.15, 0.2) is 11.5 Å². The molecular formula is C14H24O2. The fourth-order valence-corrected chi connectivity index (χ4v) is 1.28. The van der Waals surface area contributed by atoms with Crippen molar-refractivity contribution in [3.8, 4) is 11.5 Å². The largest absolute Gasteiger partial charge is 0.490 e. The first-order valence-electron chi connectivity index (χ1n) is 6.25. The van der Waals surface area contributed by atoms with Gasteiger partial charge in [0.05, 0.1) is 12.7 Å². The molecular weight excluding hydrogens is 200 g/mol. The van der Waals surface area contributed by atoms with Gasteiger partial charge in [-0.2, -0.15) is 0 Å². The second-order valence-corrected chi connectivity index (χ2v) is 3.01. The van der Waals surface area contributed by atoms with Crippen LogP contribution in [0.3, 0.4) is 0 Å². The zero-order valence-electron chi connectivity index (χ0n) is 11.1. The average molecular weight is 224 g/mol. The van der Waals surface area contributed by atoms with Crippen molar-refractivity contribution in [1.82, 2.24) is 0 Å². The number of benzene rings is 1. The maximum atomic E-state index is 5.63. The van der Waals surface area contributed by atoms with Crippen LogP contribution in [-0.4, -0.2) is 12.7 Å². The summed E-state index contributed by atoms with van der Waals surface area (Å²) in [4.78, 5) is 0. The van der Waals surface area contributed by atoms with Crippen LogP contribution in [0.25, 0.3) is 0 Å². The zero-order valence-corrected chi connectivity index (χ0v) is 11.1. The minimum atomic E-state index is 0.258. The zero-order chi connectivity index (χ0) is 12.4. The first kappa shape index (κ1) is 14.8. The Morgan fingerprint density at radius 2 is 1.56 bits per heavy atom. The summed E-state index contributed by atoms with van der Waals surface area (Å²) in [5.41, 5.74) is 0. The van der Waals surface area contributed by atoms with Gasteiger partial charge in [0, 0.05) is 6.42 Å². The molecule has 0 saturated heterocycles. The van der Waals surface area contributed by atoms with Gasteiger partial charge >= 0.3 is 0 Å². The summed E-state index contributed by atoms with van der Waals surface area (Å²) in [6.45, 7) is 10.8. The Labute approximate surface area is 99.6 Å². The number of rotatable bonds is 0. The van der Waals surface area contributed by atoms with Crippen LogP contribution in [0.2, 0.25) is 0 Å². The summed E-state index contributed by atoms with van der Waals surface area (Å²) in [5, 5.41) is 0. The lowest BCUT2D eigenvalue weighted by molar-refractivity contribution is 0.210. The lowest BCUT2D eigenvalue weighted by Gasteiger charge is -2.09. The molecule has 0 spiro atoms. The quantitative estimate of drug-likeness (QED) is 0.654. The van der Waals surface area contributed by atoms with Gasteiger partial charge in [0.1, 0.15) is 0 Å². The van der Waals surface area contributed by atoms with E-state index in [2.05, 4.69) is 6.92 Å². The topological polar surface area (TPSA) is 18.5 Å². The molecule has 92 valence electrons. The van der Waals surface area contributed by atoms with Crippen molar-refractivity contribution in [3.63, 3.8) is 0 Å². The monoisotopic (exact) mass is 224 g/mol. The normalized spacial score (nSPS) is 16.9. The van der Waals surface area contributed by atoms with E-state index in [0.29, 0.717) is 0 Å². The molecule has 2 heteroatoms. The molecule has 0 bridgehead atoms. The van der Waals surface area contributed by atoms with E-state index < -0.39 is 0 Å². The fraction of sp³-hybridized carbons (Fsp3) is 0.571. The van der Waals surface area contributed by atoms with E-state index in [1.165, 1.54) is 0 Å². The summed E-state index contributed by atoms with van der Waals surface area (Å²) in [6.07, 6.45) is 1.21. The van der Waals surface area contributed by atoms with Crippen molar-refractivity contribution < 1.29 is 9.47 Å². The van der Waals surface area contributed by atoms with E-state index in [0.717, 1.165) is 24.5 Å². The summed E-state index contributed by atoms with van der Waals surface area (Å²) in [7, 11) is 0. The Balaban J connectivity index is 0.000000509. The molecule has 1 heterocycles. The minimum Gasteiger partial charge on any atom is -0.490 e. The molecule has 0 aromatic heterocycles. The Kier molecular flexibility index (Phi) is 8.41. The van der Waals surface area contributed by atoms with Crippen molar-refractivity contribution in [2.75, 3.05) is 6.61 Å². The number of para-hydroxylation sites is 2. The van der Waals surface area contributed by atoms with Gasteiger partial charge in [-0.1, -0.05) is 39.8 Å². The highest BCUT2D eigenvalue weighted by molar-refractivity contribution is 5.39. The molecule has 0 fully saturated rings. The molecule has 2 nitrogen and oxygen atoms in total. The molecule has 2 rings (SSSR count). The summed E-state index contributed by atoms with van der Waals surface area (Å²) in [6, 6.07) is 7.79. The van der Waals surface area contributed by atoms with Gasteiger partial charge in [0.2, 0.25) is 0 Å². The summed E-state index contributed by atoms with van der Waals surface area (Å²) in [5.74, 6) is 1.73. The fourth-order valence-electron chi connectivity index (χ4n) is 1.28. The van der Waals surface area contributed by atoms with Crippen LogP contribution in [0.5, 0.6) is 11.5 Å². The van der Waals surface area contributed by atoms with Crippen molar-refractivity contribution in [3.05, 3.63) is 24.3 Å². The highest BCUT2D eigenvalue weighted by Gasteiger charge is 2.13. The van der Waals surface area contributed by atoms with E-state index in [1.54, 1.807) is 0 Å². The SMILES string of the molecule is CC.CC.CC1CCOc2ccccc2O1. The molecule has 1 aromatic rings. The van der Waals surface area contributed by atoms with Crippen LogP contribution in [0, 0.1) is 0 Å². The lowest BCUT2D eigenvalue weighted by atomic mass is 10.3. The molecule has 1 aliphatic rings. The second-order valence-electron chi connectivity index (χ2n) is 3.01. The number of hydrogen-bond acceptors (Lipinski definition) is 2. The Hall–Kier alpha value is -1.18. The van der Waals surface area contributed by atoms with E-state index in [9.17, 15) is 0 Å². The third-order valence-corrected chi connectivity index (χ3v) is 1.96. The van der Waals surface area contributed by atoms with Gasteiger partial charge in [-0.3, -0.25) is 0 Å². The molecule has 1 unspecified atom stereocenters. The predicted molar refractivity (Wildman–Crippen MR) is 69.3 cm³/mol. The van der Waals surface area contributed by atoms with Crippen molar-refractivity contribution in [1.29, 1.82) is 0 Å². The number of hydrogen-bond donors (Lipinski definition) is 0. The van der Waals surface area contributed by atoms with Crippen LogP contribution in [0.15, 0.2) is 24.3 Å². The smallest absolute Gasteiger partial charge is 0.161 e. The van der Waals surface area contributed by atoms with Crippen LogP contribution < -0.4 is 9.47 Å². The van der Waals surface area contributed by atoms with Crippen LogP contribution >= 0.6 is 0 Å². The van der Waals surface area contributed by atoms with E-state index in [-0.39, 0.29) is 6.10 Å². The van der Waals surface area contributed by atoms with Crippen molar-refractivity contribution in [2.45, 2.75) is 47.1 Å². The standard InChI is InChI=1S/C10H12O2.2C2H6/c1-8-6-7-11-9-4-2-3-5-10(9)12-8;2*1-2/h2-5,8H,6-7H2,1H3;2*1-2H3. The number of ether oxygens (including phenoxy) is 2. The maximum absolute atomic E-state index is 5.63. The third kappa shape index (κ3) is 4.56. The Morgan fingerprint density at radius 3 is 2.19 bits per heavy atom. The minimum absolute atomic E-state index is 0.258. The first-order chi connectivity index (χ1) is 7.86. The van der Waals surface area contributed by atoms with Gasteiger partial charge in [-0.15, -0.1) is 0 Å². The van der Waals surface area contributed by atoms with Gasteiger partial charge < -0.3 is 9.47 Å². The van der Waals surface area contributed by atoms with E-state index >= 15 is 0 Å². The molecule has 0 N–H and O–H groups in total. The molecule has 0 amide bonds. The summed E-state index contributed by atoms with van der Waals surface area (Å²) < 4.78 is 11.1. The van der Waals surface area contributed by atoms with Gasteiger partial charge in [-0.05, 0) is 19.1 Å². The molecule has 1 atom stereocenters. The highest BCUT2D eigenvalue weighted by atomic mass is 16.5. The van der Waals surface area contributed by atoms with Crippen LogP contribution in [-0.2, 0) is 0 Å². The Morgan fingerprint density at radius 1 is 1.00 bits per heavy atom. The molecule has 0 aliphatic carbocycles. The van der Waals surface area contributed by atoms with E-state index in [4.69, 9.17) is 9.47 Å². The average Bonchev–Trinajstić information content (AvgIpc) is 2.55. The Bertz CT molecular complexity index is 271. The van der Waals surface area contributed by atoms with Gasteiger partial charge in [-0.25, -0.2) is 0 Å². The van der Waals surface area contributed by atoms with Crippen molar-refractivity contribution in [2.24, 2.45) is 0 Å². The molecule has 1 aliphatic heterocycles. The molecule has 1 aromatic carbocycles. The van der Waals surface area contributed by atoms with Crippen molar-refractivity contribution >= 4 is 0 Å². The second kappa shape index (κ2) is 9.08. The third-order valence-electron chi connectivity index (χ3n) is 1.96. The van der Waals surface area contributed by atoms with Crippen LogP contribution in [0.4, 0.5) is 0 Å². The first-order valence-corrected chi connectivity index (χ1v) is 6.25. The number of fused-ring (bicyclic) bond motifs is 1. The summed E-state index contributed by atoms with van der Waals surface area (Å²) >= 11 is 0. The molecule has 0 saturated carbocycles. The molecule has 0 radical (unpaired) electrons. The van der Waals surface area contributed by atoms with Crippen LogP contribution in [0.1, 0.15) is 41.0 Å². The predicted octanol–water partition coefficient (Wildman–Crippen LogP) is 4.29. The highest BCUT2D eigenvalue weighted by Crippen LogP contribution is 2.29. The van der Waals surface area contributed by atoms with Gasteiger partial charge in [0.25, 0.3) is 0 Å².